The lowest BCUT2D eigenvalue weighted by atomic mass is 10.0. The smallest absolute Gasteiger partial charge is 0.326 e. The first-order valence-corrected chi connectivity index (χ1v) is 6.76. The first-order valence-electron chi connectivity index (χ1n) is 6.76. The van der Waals surface area contributed by atoms with Crippen LogP contribution in [0.4, 0.5) is 0 Å². The standard InChI is InChI=1S/C15H22N2O3/c1-11(10-16-2)14(18)17-13(15(19)20)9-8-12-6-4-3-5-7-12/h3-7,11,13,16H,8-10H2,1-2H3,(H,17,18)(H,19,20)/t11?,13-/m0/s1. The minimum absolute atomic E-state index is 0.236. The lowest BCUT2D eigenvalue weighted by Gasteiger charge is -2.17. The number of carboxylic acid groups (broad SMARTS) is 1. The average molecular weight is 278 g/mol. The first kappa shape index (κ1) is 16.2. The number of aliphatic carboxylic acids is 1. The number of hydrogen-bond acceptors (Lipinski definition) is 3. The fourth-order valence-corrected chi connectivity index (χ4v) is 1.93. The van der Waals surface area contributed by atoms with Crippen molar-refractivity contribution in [3.63, 3.8) is 0 Å². The summed E-state index contributed by atoms with van der Waals surface area (Å²) in [7, 11) is 1.76. The SMILES string of the molecule is CNCC(C)C(=O)N[C@@H](CCc1ccccc1)C(=O)O. The van der Waals surface area contributed by atoms with Gasteiger partial charge in [0.2, 0.25) is 5.91 Å². The van der Waals surface area contributed by atoms with Crippen LogP contribution in [-0.4, -0.2) is 36.6 Å². The number of aryl methyl sites for hydroxylation is 1. The van der Waals surface area contributed by atoms with Crippen LogP contribution in [0, 0.1) is 5.92 Å². The highest BCUT2D eigenvalue weighted by Crippen LogP contribution is 2.06. The molecular weight excluding hydrogens is 256 g/mol. The van der Waals surface area contributed by atoms with E-state index >= 15 is 0 Å². The van der Waals surface area contributed by atoms with Gasteiger partial charge < -0.3 is 15.7 Å². The fourth-order valence-electron chi connectivity index (χ4n) is 1.93. The molecule has 2 atom stereocenters. The molecule has 5 nitrogen and oxygen atoms in total. The zero-order chi connectivity index (χ0) is 15.0. The third-order valence-corrected chi connectivity index (χ3v) is 3.14. The van der Waals surface area contributed by atoms with Gasteiger partial charge in [0.1, 0.15) is 6.04 Å². The second-order valence-corrected chi connectivity index (χ2v) is 4.88. The van der Waals surface area contributed by atoms with E-state index in [0.29, 0.717) is 19.4 Å². The predicted molar refractivity (Wildman–Crippen MR) is 77.4 cm³/mol. The number of benzene rings is 1. The molecule has 1 aromatic carbocycles. The first-order chi connectivity index (χ1) is 9.54. The molecule has 0 saturated carbocycles. The zero-order valence-electron chi connectivity index (χ0n) is 11.9. The second kappa shape index (κ2) is 8.32. The molecule has 0 aliphatic carbocycles. The van der Waals surface area contributed by atoms with Gasteiger partial charge in [-0.15, -0.1) is 0 Å². The van der Waals surface area contributed by atoms with E-state index in [1.807, 2.05) is 30.3 Å². The van der Waals surface area contributed by atoms with E-state index in [2.05, 4.69) is 10.6 Å². The normalized spacial score (nSPS) is 13.5. The number of hydrogen-bond donors (Lipinski definition) is 3. The Hall–Kier alpha value is -1.88. The lowest BCUT2D eigenvalue weighted by Crippen LogP contribution is -2.45. The summed E-state index contributed by atoms with van der Waals surface area (Å²) >= 11 is 0. The van der Waals surface area contributed by atoms with Crippen LogP contribution in [0.1, 0.15) is 18.9 Å². The number of amides is 1. The van der Waals surface area contributed by atoms with Gasteiger partial charge >= 0.3 is 5.97 Å². The van der Waals surface area contributed by atoms with E-state index in [4.69, 9.17) is 0 Å². The summed E-state index contributed by atoms with van der Waals surface area (Å²) in [5, 5.41) is 14.7. The summed E-state index contributed by atoms with van der Waals surface area (Å²) in [5.74, 6) is -1.48. The van der Waals surface area contributed by atoms with Gasteiger partial charge in [-0.05, 0) is 25.5 Å². The molecule has 110 valence electrons. The highest BCUT2D eigenvalue weighted by atomic mass is 16.4. The highest BCUT2D eigenvalue weighted by molar-refractivity contribution is 5.84. The van der Waals surface area contributed by atoms with Gasteiger partial charge in [0, 0.05) is 12.5 Å². The number of carboxylic acids is 1. The third kappa shape index (κ3) is 5.40. The summed E-state index contributed by atoms with van der Waals surface area (Å²) in [6.45, 7) is 2.29. The molecule has 3 N–H and O–H groups in total. The van der Waals surface area contributed by atoms with Gasteiger partial charge in [0.25, 0.3) is 0 Å². The Morgan fingerprint density at radius 1 is 1.25 bits per heavy atom. The van der Waals surface area contributed by atoms with E-state index in [1.165, 1.54) is 0 Å². The van der Waals surface area contributed by atoms with Crippen molar-refractivity contribution in [1.82, 2.24) is 10.6 Å². The summed E-state index contributed by atoms with van der Waals surface area (Å²) in [6.07, 6.45) is 1.01. The minimum atomic E-state index is -0.995. The molecule has 0 fully saturated rings. The highest BCUT2D eigenvalue weighted by Gasteiger charge is 2.22. The van der Waals surface area contributed by atoms with Crippen molar-refractivity contribution in [2.75, 3.05) is 13.6 Å². The molecule has 0 radical (unpaired) electrons. The summed E-state index contributed by atoms with van der Waals surface area (Å²) < 4.78 is 0. The second-order valence-electron chi connectivity index (χ2n) is 4.88. The van der Waals surface area contributed by atoms with Crippen LogP contribution in [0.3, 0.4) is 0 Å². The maximum absolute atomic E-state index is 11.8. The van der Waals surface area contributed by atoms with Crippen molar-refractivity contribution in [3.8, 4) is 0 Å². The van der Waals surface area contributed by atoms with Gasteiger partial charge in [-0.2, -0.15) is 0 Å². The van der Waals surface area contributed by atoms with Gasteiger partial charge in [-0.3, -0.25) is 4.79 Å². The average Bonchev–Trinajstić information content (AvgIpc) is 2.44. The molecule has 1 unspecified atom stereocenters. The largest absolute Gasteiger partial charge is 0.480 e. The van der Waals surface area contributed by atoms with Crippen LogP contribution < -0.4 is 10.6 Å². The number of carbonyl (C=O) groups is 2. The maximum atomic E-state index is 11.8. The molecule has 1 amide bonds. The predicted octanol–water partition coefficient (Wildman–Crippen LogP) is 1.04. The van der Waals surface area contributed by atoms with Crippen molar-refractivity contribution in [3.05, 3.63) is 35.9 Å². The molecule has 20 heavy (non-hydrogen) atoms. The molecule has 5 heteroatoms. The topological polar surface area (TPSA) is 78.4 Å². The van der Waals surface area contributed by atoms with Crippen molar-refractivity contribution in [2.24, 2.45) is 5.92 Å². The molecule has 0 aliphatic heterocycles. The van der Waals surface area contributed by atoms with Gasteiger partial charge in [0.05, 0.1) is 0 Å². The van der Waals surface area contributed by atoms with Gasteiger partial charge in [0.15, 0.2) is 0 Å². The van der Waals surface area contributed by atoms with Crippen LogP contribution in [0.5, 0.6) is 0 Å². The van der Waals surface area contributed by atoms with Crippen molar-refractivity contribution < 1.29 is 14.7 Å². The molecule has 0 heterocycles. The van der Waals surface area contributed by atoms with E-state index < -0.39 is 12.0 Å². The van der Waals surface area contributed by atoms with Crippen LogP contribution in [0.25, 0.3) is 0 Å². The van der Waals surface area contributed by atoms with E-state index in [0.717, 1.165) is 5.56 Å². The molecule has 0 aliphatic rings. The Bertz CT molecular complexity index is 434. The molecular formula is C15H22N2O3. The van der Waals surface area contributed by atoms with Crippen molar-refractivity contribution in [2.45, 2.75) is 25.8 Å². The molecule has 0 bridgehead atoms. The zero-order valence-corrected chi connectivity index (χ0v) is 11.9. The monoisotopic (exact) mass is 278 g/mol. The Balaban J connectivity index is 2.52. The summed E-state index contributed by atoms with van der Waals surface area (Å²) in [5.41, 5.74) is 1.07. The summed E-state index contributed by atoms with van der Waals surface area (Å²) in [6, 6.07) is 8.80. The van der Waals surface area contributed by atoms with Crippen LogP contribution in [0.2, 0.25) is 0 Å². The van der Waals surface area contributed by atoms with Crippen molar-refractivity contribution in [1.29, 1.82) is 0 Å². The maximum Gasteiger partial charge on any atom is 0.326 e. The number of rotatable bonds is 8. The fraction of sp³-hybridized carbons (Fsp3) is 0.467. The van der Waals surface area contributed by atoms with Gasteiger partial charge in [-0.25, -0.2) is 4.79 Å². The number of nitrogens with one attached hydrogen (secondary N) is 2. The number of carbonyl (C=O) groups excluding carboxylic acids is 1. The minimum Gasteiger partial charge on any atom is -0.480 e. The Kier molecular flexibility index (Phi) is 6.73. The van der Waals surface area contributed by atoms with Crippen LogP contribution in [0.15, 0.2) is 30.3 Å². The van der Waals surface area contributed by atoms with E-state index in [1.54, 1.807) is 14.0 Å². The molecule has 0 aromatic heterocycles. The van der Waals surface area contributed by atoms with Crippen LogP contribution in [-0.2, 0) is 16.0 Å². The van der Waals surface area contributed by atoms with E-state index in [-0.39, 0.29) is 11.8 Å². The summed E-state index contributed by atoms with van der Waals surface area (Å²) in [4.78, 5) is 23.1. The lowest BCUT2D eigenvalue weighted by molar-refractivity contribution is -0.142. The molecule has 0 saturated heterocycles. The quantitative estimate of drug-likeness (QED) is 0.664. The van der Waals surface area contributed by atoms with E-state index in [9.17, 15) is 14.7 Å². The molecule has 1 rings (SSSR count). The molecule has 1 aromatic rings. The third-order valence-electron chi connectivity index (χ3n) is 3.14. The Morgan fingerprint density at radius 2 is 1.90 bits per heavy atom. The van der Waals surface area contributed by atoms with Gasteiger partial charge in [-0.1, -0.05) is 37.3 Å². The van der Waals surface area contributed by atoms with Crippen LogP contribution >= 0.6 is 0 Å². The van der Waals surface area contributed by atoms with Crippen molar-refractivity contribution >= 4 is 11.9 Å². The molecule has 0 spiro atoms. The Labute approximate surface area is 119 Å². The Morgan fingerprint density at radius 3 is 2.45 bits per heavy atom.